The van der Waals surface area contributed by atoms with Crippen LogP contribution in [-0.4, -0.2) is 39.9 Å². The smallest absolute Gasteiger partial charge is 0.242 e. The zero-order valence-corrected chi connectivity index (χ0v) is 15.8. The van der Waals surface area contributed by atoms with Gasteiger partial charge < -0.3 is 5.32 Å². The number of nitrogens with zero attached hydrogens (tertiary/aromatic N) is 4. The SMILES string of the molecule is Cc1cccc([C@@H](C(=O)NCc2csc(-c3ncccn3)n2)N(C)C)c1. The van der Waals surface area contributed by atoms with Gasteiger partial charge in [-0.1, -0.05) is 29.8 Å². The molecule has 1 aromatic carbocycles. The Morgan fingerprint density at radius 3 is 2.69 bits per heavy atom. The molecule has 0 fully saturated rings. The first-order chi connectivity index (χ1) is 12.5. The van der Waals surface area contributed by atoms with E-state index in [-0.39, 0.29) is 11.9 Å². The summed E-state index contributed by atoms with van der Waals surface area (Å²) in [6.45, 7) is 2.40. The normalized spacial score (nSPS) is 12.2. The van der Waals surface area contributed by atoms with Crippen LogP contribution < -0.4 is 5.32 Å². The minimum absolute atomic E-state index is 0.0499. The van der Waals surface area contributed by atoms with Crippen LogP contribution in [0.2, 0.25) is 0 Å². The summed E-state index contributed by atoms with van der Waals surface area (Å²) in [5.41, 5.74) is 2.91. The number of aromatic nitrogens is 3. The van der Waals surface area contributed by atoms with E-state index in [2.05, 4.69) is 20.3 Å². The lowest BCUT2D eigenvalue weighted by atomic mass is 10.0. The van der Waals surface area contributed by atoms with Gasteiger partial charge in [0.25, 0.3) is 0 Å². The van der Waals surface area contributed by atoms with Crippen LogP contribution in [0.4, 0.5) is 0 Å². The van der Waals surface area contributed by atoms with E-state index in [9.17, 15) is 4.79 Å². The fraction of sp³-hybridized carbons (Fsp3) is 0.263. The van der Waals surface area contributed by atoms with Crippen molar-refractivity contribution in [3.05, 3.63) is 64.9 Å². The van der Waals surface area contributed by atoms with Gasteiger partial charge in [-0.05, 0) is 32.6 Å². The highest BCUT2D eigenvalue weighted by atomic mass is 32.1. The highest BCUT2D eigenvalue weighted by Gasteiger charge is 2.23. The van der Waals surface area contributed by atoms with Gasteiger partial charge in [0.1, 0.15) is 6.04 Å². The van der Waals surface area contributed by atoms with Gasteiger partial charge in [-0.15, -0.1) is 11.3 Å². The quantitative estimate of drug-likeness (QED) is 0.725. The van der Waals surface area contributed by atoms with E-state index in [0.717, 1.165) is 21.8 Å². The first kappa shape index (κ1) is 18.2. The fourth-order valence-corrected chi connectivity index (χ4v) is 3.46. The van der Waals surface area contributed by atoms with Crippen molar-refractivity contribution in [2.24, 2.45) is 0 Å². The molecule has 6 nitrogen and oxygen atoms in total. The van der Waals surface area contributed by atoms with Crippen LogP contribution in [0.3, 0.4) is 0 Å². The number of hydrogen-bond donors (Lipinski definition) is 1. The number of aryl methyl sites for hydroxylation is 1. The second kappa shape index (κ2) is 8.16. The molecule has 0 unspecified atom stereocenters. The Kier molecular flexibility index (Phi) is 5.70. The Hall–Kier alpha value is -2.64. The number of rotatable bonds is 6. The summed E-state index contributed by atoms with van der Waals surface area (Å²) in [7, 11) is 3.81. The third kappa shape index (κ3) is 4.30. The van der Waals surface area contributed by atoms with E-state index in [1.807, 2.05) is 55.6 Å². The number of nitrogens with one attached hydrogen (secondary N) is 1. The summed E-state index contributed by atoms with van der Waals surface area (Å²) in [5, 5.41) is 5.65. The molecule has 26 heavy (non-hydrogen) atoms. The third-order valence-electron chi connectivity index (χ3n) is 3.88. The fourth-order valence-electron chi connectivity index (χ4n) is 2.70. The minimum Gasteiger partial charge on any atom is -0.349 e. The molecule has 1 atom stereocenters. The molecule has 1 N–H and O–H groups in total. The van der Waals surface area contributed by atoms with Crippen LogP contribution in [0, 0.1) is 6.92 Å². The minimum atomic E-state index is -0.342. The predicted molar refractivity (Wildman–Crippen MR) is 103 cm³/mol. The van der Waals surface area contributed by atoms with Crippen molar-refractivity contribution in [2.75, 3.05) is 14.1 Å². The average molecular weight is 367 g/mol. The summed E-state index contributed by atoms with van der Waals surface area (Å²) in [6, 6.07) is 9.44. The molecule has 1 amide bonds. The summed E-state index contributed by atoms with van der Waals surface area (Å²) in [6.07, 6.45) is 3.38. The van der Waals surface area contributed by atoms with E-state index in [1.54, 1.807) is 18.5 Å². The molecule has 0 aliphatic rings. The van der Waals surface area contributed by atoms with Crippen LogP contribution >= 0.6 is 11.3 Å². The number of carbonyl (C=O) groups is 1. The van der Waals surface area contributed by atoms with Crippen molar-refractivity contribution in [3.8, 4) is 10.8 Å². The second-order valence-electron chi connectivity index (χ2n) is 6.21. The highest BCUT2D eigenvalue weighted by molar-refractivity contribution is 7.13. The van der Waals surface area contributed by atoms with Crippen molar-refractivity contribution in [3.63, 3.8) is 0 Å². The molecule has 0 spiro atoms. The monoisotopic (exact) mass is 367 g/mol. The molecule has 0 saturated carbocycles. The summed E-state index contributed by atoms with van der Waals surface area (Å²) in [4.78, 5) is 27.6. The van der Waals surface area contributed by atoms with Gasteiger partial charge >= 0.3 is 0 Å². The number of benzene rings is 1. The summed E-state index contributed by atoms with van der Waals surface area (Å²) in [5.74, 6) is 0.548. The average Bonchev–Trinajstić information content (AvgIpc) is 3.10. The maximum atomic E-state index is 12.7. The lowest BCUT2D eigenvalue weighted by molar-refractivity contribution is -0.126. The largest absolute Gasteiger partial charge is 0.349 e. The van der Waals surface area contributed by atoms with Gasteiger partial charge in [-0.3, -0.25) is 9.69 Å². The first-order valence-corrected chi connectivity index (χ1v) is 9.15. The van der Waals surface area contributed by atoms with Gasteiger partial charge in [-0.25, -0.2) is 15.0 Å². The van der Waals surface area contributed by atoms with Crippen molar-refractivity contribution < 1.29 is 4.79 Å². The van der Waals surface area contributed by atoms with Crippen LogP contribution in [-0.2, 0) is 11.3 Å². The first-order valence-electron chi connectivity index (χ1n) is 8.27. The van der Waals surface area contributed by atoms with Gasteiger partial charge in [0, 0.05) is 17.8 Å². The number of hydrogen-bond acceptors (Lipinski definition) is 6. The van der Waals surface area contributed by atoms with E-state index in [1.165, 1.54) is 11.3 Å². The predicted octanol–water partition coefficient (Wildman–Crippen LogP) is 2.83. The number of carbonyl (C=O) groups excluding carboxylic acids is 1. The summed E-state index contributed by atoms with van der Waals surface area (Å²) >= 11 is 1.47. The standard InChI is InChI=1S/C19H21N5OS/c1-13-6-4-7-14(10-13)16(24(2)3)18(25)22-11-15-12-26-19(23-15)17-20-8-5-9-21-17/h4-10,12,16H,11H2,1-3H3,(H,22,25)/t16-/m0/s1. The van der Waals surface area contributed by atoms with Crippen molar-refractivity contribution in [1.82, 2.24) is 25.2 Å². The van der Waals surface area contributed by atoms with E-state index in [4.69, 9.17) is 0 Å². The van der Waals surface area contributed by atoms with Crippen molar-refractivity contribution >= 4 is 17.2 Å². The molecule has 2 aromatic heterocycles. The Labute approximate surface area is 157 Å². The number of amides is 1. The van der Waals surface area contributed by atoms with Gasteiger partial charge in [-0.2, -0.15) is 0 Å². The molecule has 3 rings (SSSR count). The van der Waals surface area contributed by atoms with Crippen LogP contribution in [0.25, 0.3) is 10.8 Å². The Balaban J connectivity index is 1.68. The maximum absolute atomic E-state index is 12.7. The molecule has 0 aliphatic carbocycles. The van der Waals surface area contributed by atoms with Crippen LogP contribution in [0.5, 0.6) is 0 Å². The molecule has 0 aliphatic heterocycles. The molecule has 0 radical (unpaired) electrons. The molecule has 134 valence electrons. The van der Waals surface area contributed by atoms with Crippen molar-refractivity contribution in [1.29, 1.82) is 0 Å². The molecule has 0 bridgehead atoms. The van der Waals surface area contributed by atoms with E-state index >= 15 is 0 Å². The molecular formula is C19H21N5OS. The lowest BCUT2D eigenvalue weighted by Gasteiger charge is -2.24. The molecular weight excluding hydrogens is 346 g/mol. The van der Waals surface area contributed by atoms with Gasteiger partial charge in [0.15, 0.2) is 10.8 Å². The van der Waals surface area contributed by atoms with Crippen molar-refractivity contribution in [2.45, 2.75) is 19.5 Å². The molecule has 7 heteroatoms. The van der Waals surface area contributed by atoms with Gasteiger partial charge in [0.2, 0.25) is 5.91 Å². The zero-order chi connectivity index (χ0) is 18.5. The molecule has 0 saturated heterocycles. The zero-order valence-electron chi connectivity index (χ0n) is 15.0. The third-order valence-corrected chi connectivity index (χ3v) is 4.76. The molecule has 3 aromatic rings. The maximum Gasteiger partial charge on any atom is 0.242 e. The topological polar surface area (TPSA) is 71.0 Å². The Morgan fingerprint density at radius 1 is 1.23 bits per heavy atom. The number of likely N-dealkylation sites (N-methyl/N-ethyl adjacent to an activating group) is 1. The Bertz CT molecular complexity index is 878. The highest BCUT2D eigenvalue weighted by Crippen LogP contribution is 2.21. The van der Waals surface area contributed by atoms with E-state index < -0.39 is 0 Å². The van der Waals surface area contributed by atoms with Crippen LogP contribution in [0.1, 0.15) is 22.9 Å². The summed E-state index contributed by atoms with van der Waals surface area (Å²) < 4.78 is 0. The van der Waals surface area contributed by atoms with E-state index in [0.29, 0.717) is 12.4 Å². The lowest BCUT2D eigenvalue weighted by Crippen LogP contribution is -2.36. The Morgan fingerprint density at radius 2 is 2.00 bits per heavy atom. The number of thiazole rings is 1. The van der Waals surface area contributed by atoms with Crippen LogP contribution in [0.15, 0.2) is 48.1 Å². The van der Waals surface area contributed by atoms with Gasteiger partial charge in [0.05, 0.1) is 12.2 Å². The molecule has 2 heterocycles. The second-order valence-corrected chi connectivity index (χ2v) is 7.07.